The summed E-state index contributed by atoms with van der Waals surface area (Å²) in [5, 5.41) is 0. The Balaban J connectivity index is 1.25. The van der Waals surface area contributed by atoms with Crippen molar-refractivity contribution in [1.29, 1.82) is 0 Å². The summed E-state index contributed by atoms with van der Waals surface area (Å²) in [5.74, 6) is 4.51. The van der Waals surface area contributed by atoms with Gasteiger partial charge in [-0.25, -0.2) is 4.39 Å². The molecule has 5 aliphatic rings. The van der Waals surface area contributed by atoms with Gasteiger partial charge in [-0.3, -0.25) is 4.98 Å². The standard InChI is InChI=1S/C29H40FNO/c1-18(5-6-21-15-20(30)11-14-31-21)23-7-8-24-22-16-26(32-4)29-17-19(29)9-13-28(29,3)25(22)10-12-27(23,24)2/h5-6,11,14-15,18-19,22-26H,7-10,12-13,16-17H2,1-4H3/b6-5+/t18-,19?,22+,23-,24+,25+,26-,27-,28-,29?/m1/s1. The van der Waals surface area contributed by atoms with Gasteiger partial charge in [-0.15, -0.1) is 0 Å². The highest BCUT2D eigenvalue weighted by Crippen LogP contribution is 2.82. The van der Waals surface area contributed by atoms with Gasteiger partial charge in [-0.05, 0) is 116 Å². The molecule has 5 saturated carbocycles. The lowest BCUT2D eigenvalue weighted by Gasteiger charge is -2.61. The monoisotopic (exact) mass is 437 g/mol. The second-order valence-corrected chi connectivity index (χ2v) is 12.6. The van der Waals surface area contributed by atoms with Gasteiger partial charge in [-0.1, -0.05) is 26.8 Å². The normalized spacial score (nSPS) is 49.9. The molecular formula is C29H40FNO. The maximum atomic E-state index is 13.6. The van der Waals surface area contributed by atoms with Crippen molar-refractivity contribution < 1.29 is 9.13 Å². The summed E-state index contributed by atoms with van der Waals surface area (Å²) in [6.45, 7) is 7.65. The van der Waals surface area contributed by atoms with E-state index in [9.17, 15) is 4.39 Å². The van der Waals surface area contributed by atoms with Crippen LogP contribution in [0, 0.1) is 57.6 Å². The number of fused-ring (bicyclic) bond motifs is 4. The molecule has 0 aliphatic heterocycles. The minimum atomic E-state index is -0.209. The third-order valence-electron chi connectivity index (χ3n) is 11.9. The molecule has 5 aliphatic carbocycles. The van der Waals surface area contributed by atoms with E-state index in [1.807, 2.05) is 13.2 Å². The van der Waals surface area contributed by atoms with Crippen LogP contribution >= 0.6 is 0 Å². The van der Waals surface area contributed by atoms with E-state index in [0.29, 0.717) is 34.2 Å². The van der Waals surface area contributed by atoms with Gasteiger partial charge in [0.2, 0.25) is 0 Å². The fraction of sp³-hybridized carbons (Fsp3) is 0.759. The van der Waals surface area contributed by atoms with Crippen LogP contribution in [0.5, 0.6) is 0 Å². The van der Waals surface area contributed by atoms with Gasteiger partial charge in [0, 0.05) is 18.7 Å². The van der Waals surface area contributed by atoms with Crippen LogP contribution in [0.25, 0.3) is 6.08 Å². The Hall–Kier alpha value is -1.22. The summed E-state index contributed by atoms with van der Waals surface area (Å²) in [4.78, 5) is 4.32. The average Bonchev–Trinajstić information content (AvgIpc) is 3.28. The van der Waals surface area contributed by atoms with Gasteiger partial charge in [0.05, 0.1) is 11.8 Å². The number of rotatable bonds is 4. The zero-order chi connectivity index (χ0) is 22.3. The number of nitrogens with zero attached hydrogens (tertiary/aromatic N) is 1. The van der Waals surface area contributed by atoms with E-state index in [2.05, 4.69) is 31.8 Å². The van der Waals surface area contributed by atoms with E-state index in [4.69, 9.17) is 4.74 Å². The Morgan fingerprint density at radius 3 is 2.75 bits per heavy atom. The van der Waals surface area contributed by atoms with Crippen molar-refractivity contribution in [2.45, 2.75) is 78.2 Å². The van der Waals surface area contributed by atoms with Gasteiger partial charge in [0.25, 0.3) is 0 Å². The number of ether oxygens (including phenoxy) is 1. The first-order valence-electron chi connectivity index (χ1n) is 13.2. The molecule has 1 aromatic rings. The molecule has 6 rings (SSSR count). The molecule has 1 spiro atoms. The smallest absolute Gasteiger partial charge is 0.126 e. The zero-order valence-corrected chi connectivity index (χ0v) is 20.3. The Kier molecular flexibility index (Phi) is 4.76. The molecule has 0 saturated heterocycles. The van der Waals surface area contributed by atoms with Gasteiger partial charge in [0.1, 0.15) is 5.82 Å². The fourth-order valence-electron chi connectivity index (χ4n) is 10.4. The molecule has 0 amide bonds. The largest absolute Gasteiger partial charge is 0.381 e. The molecule has 1 heterocycles. The third kappa shape index (κ3) is 2.70. The maximum absolute atomic E-state index is 13.6. The highest BCUT2D eigenvalue weighted by molar-refractivity contribution is 5.44. The van der Waals surface area contributed by atoms with Crippen molar-refractivity contribution >= 4 is 6.08 Å². The van der Waals surface area contributed by atoms with Crippen LogP contribution < -0.4 is 0 Å². The lowest BCUT2D eigenvalue weighted by atomic mass is 9.45. The number of hydrogen-bond acceptors (Lipinski definition) is 2. The summed E-state index contributed by atoms with van der Waals surface area (Å²) in [6.07, 6.45) is 17.5. The van der Waals surface area contributed by atoms with E-state index >= 15 is 0 Å². The van der Waals surface area contributed by atoms with Crippen molar-refractivity contribution in [3.8, 4) is 0 Å². The van der Waals surface area contributed by atoms with Gasteiger partial charge in [-0.2, -0.15) is 0 Å². The van der Waals surface area contributed by atoms with Crippen molar-refractivity contribution in [2.75, 3.05) is 7.11 Å². The first kappa shape index (κ1) is 21.3. The Labute approximate surface area is 193 Å². The second-order valence-electron chi connectivity index (χ2n) is 12.6. The predicted octanol–water partition coefficient (Wildman–Crippen LogP) is 7.15. The molecule has 0 radical (unpaired) electrons. The molecule has 5 fully saturated rings. The lowest BCUT2D eigenvalue weighted by molar-refractivity contribution is -0.160. The van der Waals surface area contributed by atoms with Gasteiger partial charge < -0.3 is 4.74 Å². The van der Waals surface area contributed by atoms with E-state index in [1.54, 1.807) is 6.20 Å². The number of halogens is 1. The highest BCUT2D eigenvalue weighted by Gasteiger charge is 2.77. The first-order valence-corrected chi connectivity index (χ1v) is 13.2. The number of allylic oxidation sites excluding steroid dienone is 1. The van der Waals surface area contributed by atoms with E-state index in [0.717, 1.165) is 29.4 Å². The van der Waals surface area contributed by atoms with Crippen LogP contribution in [-0.2, 0) is 4.74 Å². The summed E-state index contributed by atoms with van der Waals surface area (Å²) in [5.41, 5.74) is 2.17. The minimum absolute atomic E-state index is 0.209. The Bertz CT molecular complexity index is 929. The molecular weight excluding hydrogens is 397 g/mol. The number of hydrogen-bond donors (Lipinski definition) is 0. The van der Waals surface area contributed by atoms with Crippen LogP contribution in [0.2, 0.25) is 0 Å². The Morgan fingerprint density at radius 2 is 2.00 bits per heavy atom. The molecule has 174 valence electrons. The van der Waals surface area contributed by atoms with Crippen LogP contribution in [0.3, 0.4) is 0 Å². The van der Waals surface area contributed by atoms with Crippen molar-refractivity contribution in [3.05, 3.63) is 35.9 Å². The van der Waals surface area contributed by atoms with E-state index < -0.39 is 0 Å². The van der Waals surface area contributed by atoms with Crippen LogP contribution in [0.4, 0.5) is 4.39 Å². The van der Waals surface area contributed by atoms with E-state index in [-0.39, 0.29) is 5.82 Å². The van der Waals surface area contributed by atoms with Crippen molar-refractivity contribution in [1.82, 2.24) is 4.98 Å². The summed E-state index contributed by atoms with van der Waals surface area (Å²) in [7, 11) is 1.99. The molecule has 0 N–H and O–H groups in total. The second kappa shape index (κ2) is 7.14. The molecule has 1 aromatic heterocycles. The highest BCUT2D eigenvalue weighted by atomic mass is 19.1. The summed E-state index contributed by atoms with van der Waals surface area (Å²) >= 11 is 0. The van der Waals surface area contributed by atoms with Crippen LogP contribution in [-0.4, -0.2) is 18.2 Å². The molecule has 3 heteroatoms. The SMILES string of the molecule is CO[C@@H]1C[C@H]2[C@@H]3CC[C@H]([C@H](C)/C=C/c4cc(F)ccn4)[C@@]3(C)CC[C@@H]2[C@@]2(C)CCC3CC312. The summed E-state index contributed by atoms with van der Waals surface area (Å²) < 4.78 is 19.8. The Morgan fingerprint density at radius 1 is 1.16 bits per heavy atom. The average molecular weight is 438 g/mol. The lowest BCUT2D eigenvalue weighted by Crippen LogP contribution is -2.57. The maximum Gasteiger partial charge on any atom is 0.126 e. The number of pyridine rings is 1. The van der Waals surface area contributed by atoms with E-state index in [1.165, 1.54) is 63.5 Å². The van der Waals surface area contributed by atoms with Gasteiger partial charge in [0.15, 0.2) is 0 Å². The quantitative estimate of drug-likeness (QED) is 0.499. The van der Waals surface area contributed by atoms with Gasteiger partial charge >= 0.3 is 0 Å². The topological polar surface area (TPSA) is 22.1 Å². The fourth-order valence-corrected chi connectivity index (χ4v) is 10.4. The molecule has 10 atom stereocenters. The molecule has 0 aromatic carbocycles. The molecule has 2 unspecified atom stereocenters. The zero-order valence-electron chi connectivity index (χ0n) is 20.3. The van der Waals surface area contributed by atoms with Crippen LogP contribution in [0.1, 0.15) is 77.8 Å². The third-order valence-corrected chi connectivity index (χ3v) is 11.9. The van der Waals surface area contributed by atoms with Crippen molar-refractivity contribution in [3.63, 3.8) is 0 Å². The number of methoxy groups -OCH3 is 1. The first-order chi connectivity index (χ1) is 15.3. The molecule has 32 heavy (non-hydrogen) atoms. The van der Waals surface area contributed by atoms with Crippen molar-refractivity contribution in [2.24, 2.45) is 51.8 Å². The molecule has 2 nitrogen and oxygen atoms in total. The predicted molar refractivity (Wildman–Crippen MR) is 126 cm³/mol. The van der Waals surface area contributed by atoms with Crippen LogP contribution in [0.15, 0.2) is 24.4 Å². The number of aromatic nitrogens is 1. The summed E-state index contributed by atoms with van der Waals surface area (Å²) in [6, 6.07) is 2.95. The minimum Gasteiger partial charge on any atom is -0.381 e. The molecule has 0 bridgehead atoms.